The van der Waals surface area contributed by atoms with E-state index in [0.29, 0.717) is 5.41 Å². The first kappa shape index (κ1) is 14.0. The van der Waals surface area contributed by atoms with Gasteiger partial charge in [0.05, 0.1) is 0 Å². The van der Waals surface area contributed by atoms with E-state index in [1.54, 1.807) is 0 Å². The van der Waals surface area contributed by atoms with Gasteiger partial charge >= 0.3 is 0 Å². The average molecular weight is 225 g/mol. The van der Waals surface area contributed by atoms with Crippen molar-refractivity contribution in [3.8, 4) is 0 Å². The lowest BCUT2D eigenvalue weighted by atomic mass is 9.43. The first-order valence-electron chi connectivity index (χ1n) is 7.29. The minimum Gasteiger partial charge on any atom is -0.325 e. The number of hydrogen-bond donors (Lipinski definition) is 1. The Morgan fingerprint density at radius 2 is 1.88 bits per heavy atom. The van der Waals surface area contributed by atoms with Gasteiger partial charge < -0.3 is 5.73 Å². The molecule has 3 saturated carbocycles. The van der Waals surface area contributed by atoms with Gasteiger partial charge in [-0.05, 0) is 42.9 Å². The van der Waals surface area contributed by atoms with Gasteiger partial charge in [0.1, 0.15) is 0 Å². The summed E-state index contributed by atoms with van der Waals surface area (Å²) in [5.41, 5.74) is 7.33. The summed E-state index contributed by atoms with van der Waals surface area (Å²) in [6, 6.07) is 0. The molecule has 2 bridgehead atoms. The third-order valence-corrected chi connectivity index (χ3v) is 5.12. The minimum absolute atomic E-state index is 0.189. The molecule has 0 spiro atoms. The zero-order chi connectivity index (χ0) is 12.4. The highest BCUT2D eigenvalue weighted by Crippen LogP contribution is 2.62. The molecule has 0 amide bonds. The van der Waals surface area contributed by atoms with E-state index in [4.69, 9.17) is 5.73 Å². The lowest BCUT2D eigenvalue weighted by molar-refractivity contribution is -0.119. The molecule has 2 N–H and O–H groups in total. The van der Waals surface area contributed by atoms with Crippen molar-refractivity contribution in [1.82, 2.24) is 0 Å². The Hall–Kier alpha value is -0.0400. The molecule has 0 aromatic heterocycles. The fraction of sp³-hybridized carbons (Fsp3) is 1.00. The molecule has 0 saturated heterocycles. The van der Waals surface area contributed by atoms with Crippen LogP contribution < -0.4 is 5.73 Å². The molecule has 3 rings (SSSR count). The van der Waals surface area contributed by atoms with Crippen molar-refractivity contribution in [2.45, 2.75) is 78.7 Å². The van der Waals surface area contributed by atoms with E-state index in [-0.39, 0.29) is 5.54 Å². The molecular formula is C15H31N. The summed E-state index contributed by atoms with van der Waals surface area (Å²) in [6.45, 7) is 11.1. The second-order valence-corrected chi connectivity index (χ2v) is 6.18. The molecule has 1 heteroatoms. The zero-order valence-electron chi connectivity index (χ0n) is 12.0. The molecular weight excluding hydrogens is 194 g/mol. The number of unbranched alkanes of at least 4 members (excludes halogenated alkanes) is 1. The van der Waals surface area contributed by atoms with E-state index in [1.807, 2.05) is 13.8 Å². The highest BCUT2D eigenvalue weighted by molar-refractivity contribution is 5.12. The van der Waals surface area contributed by atoms with Crippen LogP contribution in [0.2, 0.25) is 0 Å². The van der Waals surface area contributed by atoms with Crippen LogP contribution in [0.5, 0.6) is 0 Å². The maximum atomic E-state index is 6.60. The van der Waals surface area contributed by atoms with Crippen LogP contribution in [-0.4, -0.2) is 5.54 Å². The van der Waals surface area contributed by atoms with E-state index in [1.165, 1.54) is 38.5 Å². The van der Waals surface area contributed by atoms with Gasteiger partial charge in [-0.1, -0.05) is 47.5 Å². The molecule has 96 valence electrons. The normalized spacial score (nSPS) is 39.4. The molecule has 0 heterocycles. The van der Waals surface area contributed by atoms with E-state index < -0.39 is 0 Å². The van der Waals surface area contributed by atoms with Crippen LogP contribution in [0.25, 0.3) is 0 Å². The Bertz CT molecular complexity index is 219. The molecule has 0 radical (unpaired) electrons. The molecule has 1 nitrogen and oxygen atoms in total. The van der Waals surface area contributed by atoms with Crippen molar-refractivity contribution in [1.29, 1.82) is 0 Å². The minimum atomic E-state index is 0.189. The van der Waals surface area contributed by atoms with Gasteiger partial charge in [-0.2, -0.15) is 0 Å². The number of nitrogens with two attached hydrogens (primary N) is 1. The highest BCUT2D eigenvalue weighted by Gasteiger charge is 2.59. The molecule has 3 aliphatic carbocycles. The summed E-state index contributed by atoms with van der Waals surface area (Å²) in [5.74, 6) is 1.78. The first-order chi connectivity index (χ1) is 7.50. The molecule has 1 unspecified atom stereocenters. The lowest BCUT2D eigenvalue weighted by Gasteiger charge is -2.64. The van der Waals surface area contributed by atoms with Crippen molar-refractivity contribution in [3.63, 3.8) is 0 Å². The van der Waals surface area contributed by atoms with E-state index >= 15 is 0 Å². The second-order valence-electron chi connectivity index (χ2n) is 6.18. The maximum Gasteiger partial charge on any atom is 0.0188 e. The van der Waals surface area contributed by atoms with E-state index in [9.17, 15) is 0 Å². The van der Waals surface area contributed by atoms with Gasteiger partial charge in [0.2, 0.25) is 0 Å². The standard InChI is InChI=1S/C13H25N.C2H6/c1-4-5-7-13(14)8-6-10-9-11(13)12(10,2)3;1-2/h10-11H,4-9,14H2,1-3H3;1-2H3/t10-,11?,13+;/m0./s1. The summed E-state index contributed by atoms with van der Waals surface area (Å²) in [7, 11) is 0. The van der Waals surface area contributed by atoms with Crippen LogP contribution in [0, 0.1) is 17.3 Å². The third-order valence-electron chi connectivity index (χ3n) is 5.12. The first-order valence-corrected chi connectivity index (χ1v) is 7.29. The van der Waals surface area contributed by atoms with Gasteiger partial charge in [0.25, 0.3) is 0 Å². The Labute approximate surface area is 102 Å². The summed E-state index contributed by atoms with van der Waals surface area (Å²) >= 11 is 0. The molecule has 0 aromatic carbocycles. The summed E-state index contributed by atoms with van der Waals surface area (Å²) in [5, 5.41) is 0. The fourth-order valence-electron chi connectivity index (χ4n) is 3.90. The maximum absolute atomic E-state index is 6.60. The van der Waals surface area contributed by atoms with Gasteiger partial charge in [-0.25, -0.2) is 0 Å². The van der Waals surface area contributed by atoms with E-state index in [2.05, 4.69) is 20.8 Å². The van der Waals surface area contributed by atoms with Crippen molar-refractivity contribution >= 4 is 0 Å². The Morgan fingerprint density at radius 1 is 1.25 bits per heavy atom. The predicted molar refractivity (Wildman–Crippen MR) is 72.4 cm³/mol. The fourth-order valence-corrected chi connectivity index (χ4v) is 3.90. The van der Waals surface area contributed by atoms with Crippen molar-refractivity contribution in [3.05, 3.63) is 0 Å². The number of rotatable bonds is 3. The highest BCUT2D eigenvalue weighted by atomic mass is 14.8. The Balaban J connectivity index is 0.000000606. The average Bonchev–Trinajstić information content (AvgIpc) is 2.28. The van der Waals surface area contributed by atoms with E-state index in [0.717, 1.165) is 11.8 Å². The Morgan fingerprint density at radius 3 is 2.31 bits per heavy atom. The molecule has 0 aliphatic heterocycles. The molecule has 3 atom stereocenters. The summed E-state index contributed by atoms with van der Waals surface area (Å²) in [6.07, 6.45) is 7.93. The van der Waals surface area contributed by atoms with Gasteiger partial charge in [-0.15, -0.1) is 0 Å². The lowest BCUT2D eigenvalue weighted by Crippen LogP contribution is -2.65. The molecule has 3 fully saturated rings. The van der Waals surface area contributed by atoms with Gasteiger partial charge in [0, 0.05) is 5.54 Å². The van der Waals surface area contributed by atoms with Crippen molar-refractivity contribution in [2.75, 3.05) is 0 Å². The topological polar surface area (TPSA) is 26.0 Å². The summed E-state index contributed by atoms with van der Waals surface area (Å²) < 4.78 is 0. The van der Waals surface area contributed by atoms with Crippen LogP contribution >= 0.6 is 0 Å². The van der Waals surface area contributed by atoms with Crippen LogP contribution in [0.3, 0.4) is 0 Å². The van der Waals surface area contributed by atoms with Crippen molar-refractivity contribution < 1.29 is 0 Å². The number of hydrogen-bond acceptors (Lipinski definition) is 1. The van der Waals surface area contributed by atoms with Gasteiger partial charge in [-0.3, -0.25) is 0 Å². The van der Waals surface area contributed by atoms with Crippen LogP contribution in [0.4, 0.5) is 0 Å². The smallest absolute Gasteiger partial charge is 0.0188 e. The van der Waals surface area contributed by atoms with Crippen molar-refractivity contribution in [2.24, 2.45) is 23.0 Å². The Kier molecular flexibility index (Phi) is 4.45. The van der Waals surface area contributed by atoms with Gasteiger partial charge in [0.15, 0.2) is 0 Å². The summed E-state index contributed by atoms with van der Waals surface area (Å²) in [4.78, 5) is 0. The monoisotopic (exact) mass is 225 g/mol. The van der Waals surface area contributed by atoms with Crippen LogP contribution in [0.1, 0.15) is 73.1 Å². The van der Waals surface area contributed by atoms with Crippen LogP contribution in [-0.2, 0) is 0 Å². The third kappa shape index (κ3) is 2.16. The zero-order valence-corrected chi connectivity index (χ0v) is 12.0. The SMILES string of the molecule is CC.CCCC[C@@]1(N)CC[C@H]2CC1C2(C)C. The largest absolute Gasteiger partial charge is 0.325 e. The van der Waals surface area contributed by atoms with Crippen LogP contribution in [0.15, 0.2) is 0 Å². The molecule has 3 aliphatic rings. The second kappa shape index (κ2) is 5.08. The number of fused-ring (bicyclic) bond motifs is 2. The molecule has 0 aromatic rings. The quantitative estimate of drug-likeness (QED) is 0.759. The predicted octanol–water partition coefficient (Wildman–Crippen LogP) is 4.36. The molecule has 16 heavy (non-hydrogen) atoms.